The molecule has 1 N–H and O–H groups in total. The van der Waals surface area contributed by atoms with Gasteiger partial charge in [-0.3, -0.25) is 4.98 Å². The fraction of sp³-hybridized carbons (Fsp3) is 0.312. The summed E-state index contributed by atoms with van der Waals surface area (Å²) in [6, 6.07) is 9.52. The Kier molecular flexibility index (Phi) is 4.89. The smallest absolute Gasteiger partial charge is 0.137 e. The van der Waals surface area contributed by atoms with Gasteiger partial charge in [0.1, 0.15) is 5.82 Å². The molecule has 1 atom stereocenters. The summed E-state index contributed by atoms with van der Waals surface area (Å²) in [4.78, 5) is 4.40. The average Bonchev–Trinajstić information content (AvgIpc) is 2.38. The Morgan fingerprint density at radius 2 is 1.85 bits per heavy atom. The van der Waals surface area contributed by atoms with E-state index in [0.717, 1.165) is 23.4 Å². The van der Waals surface area contributed by atoms with Crippen molar-refractivity contribution in [1.82, 2.24) is 10.3 Å². The molecule has 0 aliphatic rings. The van der Waals surface area contributed by atoms with Gasteiger partial charge in [0.15, 0.2) is 0 Å². The number of nitrogens with zero attached hydrogens (tertiary/aromatic N) is 1. The molecule has 0 aliphatic carbocycles. The molecule has 1 unspecified atom stereocenters. The van der Waals surface area contributed by atoms with Crippen LogP contribution >= 0.6 is 15.9 Å². The van der Waals surface area contributed by atoms with E-state index in [1.54, 1.807) is 0 Å². The van der Waals surface area contributed by atoms with Crippen molar-refractivity contribution in [3.8, 4) is 0 Å². The van der Waals surface area contributed by atoms with E-state index < -0.39 is 0 Å². The number of aromatic nitrogens is 1. The lowest BCUT2D eigenvalue weighted by molar-refractivity contribution is 0.586. The van der Waals surface area contributed by atoms with Gasteiger partial charge in [0.2, 0.25) is 0 Å². The number of pyridine rings is 1. The van der Waals surface area contributed by atoms with Crippen LogP contribution in [0.25, 0.3) is 0 Å². The van der Waals surface area contributed by atoms with Crippen molar-refractivity contribution in [2.45, 2.75) is 26.3 Å². The van der Waals surface area contributed by atoms with Crippen LogP contribution in [0, 0.1) is 19.7 Å². The largest absolute Gasteiger partial charge is 0.313 e. The Balaban J connectivity index is 2.26. The normalized spacial score (nSPS) is 12.4. The first-order valence-corrected chi connectivity index (χ1v) is 7.35. The number of aryl methyl sites for hydroxylation is 2. The van der Waals surface area contributed by atoms with Crippen LogP contribution in [-0.4, -0.2) is 12.0 Å². The first kappa shape index (κ1) is 15.1. The highest BCUT2D eigenvalue weighted by Crippen LogP contribution is 2.23. The third-order valence-corrected chi connectivity index (χ3v) is 3.89. The van der Waals surface area contributed by atoms with Gasteiger partial charge in [-0.2, -0.15) is 0 Å². The summed E-state index contributed by atoms with van der Waals surface area (Å²) in [7, 11) is 1.94. The molecule has 20 heavy (non-hydrogen) atoms. The Bertz CT molecular complexity index is 593. The zero-order chi connectivity index (χ0) is 14.7. The quantitative estimate of drug-likeness (QED) is 0.908. The molecule has 0 aliphatic heterocycles. The summed E-state index contributed by atoms with van der Waals surface area (Å²) in [5.74, 6) is -0.231. The van der Waals surface area contributed by atoms with Gasteiger partial charge >= 0.3 is 0 Å². The predicted molar refractivity (Wildman–Crippen MR) is 83.3 cm³/mol. The molecule has 4 heteroatoms. The molecular formula is C16H18BrFN2. The molecule has 0 spiro atoms. The van der Waals surface area contributed by atoms with Gasteiger partial charge in [-0.15, -0.1) is 0 Å². The van der Waals surface area contributed by atoms with Gasteiger partial charge in [0, 0.05) is 17.4 Å². The van der Waals surface area contributed by atoms with Crippen molar-refractivity contribution in [2.75, 3.05) is 7.05 Å². The minimum Gasteiger partial charge on any atom is -0.313 e. The van der Waals surface area contributed by atoms with Crippen LogP contribution in [0.15, 0.2) is 34.8 Å². The summed E-state index contributed by atoms with van der Waals surface area (Å²) in [6.07, 6.45) is 0.804. The fourth-order valence-corrected chi connectivity index (χ4v) is 2.78. The Morgan fingerprint density at radius 1 is 1.20 bits per heavy atom. The van der Waals surface area contributed by atoms with Crippen LogP contribution in [0.4, 0.5) is 4.39 Å². The lowest BCUT2D eigenvalue weighted by atomic mass is 9.98. The third-order valence-electron chi connectivity index (χ3n) is 3.28. The molecule has 0 radical (unpaired) electrons. The highest BCUT2D eigenvalue weighted by atomic mass is 79.9. The number of likely N-dealkylation sites (N-methyl/N-ethyl adjacent to an activating group) is 1. The van der Waals surface area contributed by atoms with Gasteiger partial charge in [0.25, 0.3) is 0 Å². The van der Waals surface area contributed by atoms with Crippen molar-refractivity contribution in [1.29, 1.82) is 0 Å². The summed E-state index contributed by atoms with van der Waals surface area (Å²) in [5.41, 5.74) is 4.32. The maximum atomic E-state index is 13.3. The van der Waals surface area contributed by atoms with Crippen LogP contribution in [0.1, 0.15) is 28.6 Å². The van der Waals surface area contributed by atoms with Gasteiger partial charge in [-0.25, -0.2) is 4.39 Å². The molecule has 1 aromatic carbocycles. The molecule has 0 amide bonds. The number of hydrogen-bond acceptors (Lipinski definition) is 2. The van der Waals surface area contributed by atoms with Crippen molar-refractivity contribution in [3.05, 3.63) is 63.1 Å². The van der Waals surface area contributed by atoms with Crippen LogP contribution in [0.2, 0.25) is 0 Å². The van der Waals surface area contributed by atoms with Crippen LogP contribution in [0.3, 0.4) is 0 Å². The highest BCUT2D eigenvalue weighted by molar-refractivity contribution is 9.10. The summed E-state index contributed by atoms with van der Waals surface area (Å²) in [5, 5.41) is 3.32. The molecule has 0 saturated carbocycles. The van der Waals surface area contributed by atoms with Crippen molar-refractivity contribution in [3.63, 3.8) is 0 Å². The molecule has 1 heterocycles. The zero-order valence-corrected chi connectivity index (χ0v) is 13.5. The zero-order valence-electron chi connectivity index (χ0n) is 11.9. The van der Waals surface area contributed by atoms with E-state index in [2.05, 4.69) is 38.4 Å². The van der Waals surface area contributed by atoms with Crippen LogP contribution < -0.4 is 5.32 Å². The van der Waals surface area contributed by atoms with E-state index in [-0.39, 0.29) is 11.9 Å². The molecule has 1 aromatic heterocycles. The SMILES string of the molecule is CNC(Cc1ccc(F)c(Br)c1)c1cc(C)nc(C)c1. The van der Waals surface area contributed by atoms with Crippen LogP contribution in [0.5, 0.6) is 0 Å². The fourth-order valence-electron chi connectivity index (χ4n) is 2.36. The summed E-state index contributed by atoms with van der Waals surface area (Å²) >= 11 is 3.23. The molecule has 0 bridgehead atoms. The summed E-state index contributed by atoms with van der Waals surface area (Å²) < 4.78 is 13.8. The Hall–Kier alpha value is -1.26. The lowest BCUT2D eigenvalue weighted by Gasteiger charge is -2.18. The third kappa shape index (κ3) is 3.64. The van der Waals surface area contributed by atoms with Gasteiger partial charge in [0.05, 0.1) is 4.47 Å². The van der Waals surface area contributed by atoms with E-state index in [1.165, 1.54) is 11.6 Å². The number of benzene rings is 1. The van der Waals surface area contributed by atoms with E-state index in [0.29, 0.717) is 4.47 Å². The summed E-state index contributed by atoms with van der Waals surface area (Å²) in [6.45, 7) is 4.00. The number of halogens is 2. The molecule has 0 fully saturated rings. The first-order valence-electron chi connectivity index (χ1n) is 6.56. The first-order chi connectivity index (χ1) is 9.49. The van der Waals surface area contributed by atoms with Gasteiger partial charge in [-0.1, -0.05) is 6.07 Å². The Morgan fingerprint density at radius 3 is 2.40 bits per heavy atom. The standard InChI is InChI=1S/C16H18BrFN2/c1-10-6-13(7-11(2)20-10)16(19-3)9-12-4-5-15(18)14(17)8-12/h4-8,16,19H,9H2,1-3H3. The monoisotopic (exact) mass is 336 g/mol. The number of nitrogens with one attached hydrogen (secondary N) is 1. The van der Waals surface area contributed by atoms with Gasteiger partial charge in [-0.05, 0) is 78.6 Å². The minimum absolute atomic E-state index is 0.188. The van der Waals surface area contributed by atoms with Crippen LogP contribution in [-0.2, 0) is 6.42 Å². The van der Waals surface area contributed by atoms with Crippen molar-refractivity contribution >= 4 is 15.9 Å². The molecule has 0 saturated heterocycles. The second kappa shape index (κ2) is 6.46. The molecule has 2 nitrogen and oxygen atoms in total. The molecule has 106 valence electrons. The topological polar surface area (TPSA) is 24.9 Å². The molecular weight excluding hydrogens is 319 g/mol. The molecule has 2 aromatic rings. The Labute approximate surface area is 127 Å². The van der Waals surface area contributed by atoms with E-state index >= 15 is 0 Å². The van der Waals surface area contributed by atoms with Gasteiger partial charge < -0.3 is 5.32 Å². The van der Waals surface area contributed by atoms with E-state index in [1.807, 2.05) is 33.0 Å². The maximum Gasteiger partial charge on any atom is 0.137 e. The maximum absolute atomic E-state index is 13.3. The predicted octanol–water partition coefficient (Wildman–Crippen LogP) is 4.10. The van der Waals surface area contributed by atoms with Crippen molar-refractivity contribution in [2.24, 2.45) is 0 Å². The minimum atomic E-state index is -0.231. The van der Waals surface area contributed by atoms with Crippen molar-refractivity contribution < 1.29 is 4.39 Å². The second-order valence-corrected chi connectivity index (χ2v) is 5.83. The lowest BCUT2D eigenvalue weighted by Crippen LogP contribution is -2.19. The number of hydrogen-bond donors (Lipinski definition) is 1. The van der Waals surface area contributed by atoms with E-state index in [4.69, 9.17) is 0 Å². The highest BCUT2D eigenvalue weighted by Gasteiger charge is 2.12. The van der Waals surface area contributed by atoms with E-state index in [9.17, 15) is 4.39 Å². The molecule has 2 rings (SSSR count). The number of rotatable bonds is 4. The second-order valence-electron chi connectivity index (χ2n) is 4.98. The average molecular weight is 337 g/mol.